The lowest BCUT2D eigenvalue weighted by Crippen LogP contribution is -2.36. The molecule has 1 aromatic heterocycles. The number of aromatic nitrogens is 3. The predicted molar refractivity (Wildman–Crippen MR) is 89.4 cm³/mol. The van der Waals surface area contributed by atoms with E-state index in [1.165, 1.54) is 0 Å². The SMILES string of the molecule is Cc1c(CN2CCC(C(=O)O)CC2)nnn1-c1ccc(Br)cc1. The number of carbonyl (C=O) groups is 1. The summed E-state index contributed by atoms with van der Waals surface area (Å²) in [4.78, 5) is 13.3. The van der Waals surface area contributed by atoms with E-state index in [9.17, 15) is 4.79 Å². The Morgan fingerprint density at radius 1 is 1.30 bits per heavy atom. The monoisotopic (exact) mass is 378 g/mol. The number of halogens is 1. The summed E-state index contributed by atoms with van der Waals surface area (Å²) in [6.45, 7) is 4.32. The minimum atomic E-state index is -0.679. The van der Waals surface area contributed by atoms with Gasteiger partial charge < -0.3 is 5.11 Å². The average Bonchev–Trinajstić information content (AvgIpc) is 2.90. The molecule has 23 heavy (non-hydrogen) atoms. The summed E-state index contributed by atoms with van der Waals surface area (Å²) in [7, 11) is 0. The van der Waals surface area contributed by atoms with Crippen LogP contribution in [0.5, 0.6) is 0 Å². The van der Waals surface area contributed by atoms with Gasteiger partial charge in [0, 0.05) is 11.0 Å². The first-order valence-electron chi connectivity index (χ1n) is 7.67. The summed E-state index contributed by atoms with van der Waals surface area (Å²) in [6, 6.07) is 7.95. The molecule has 122 valence electrons. The van der Waals surface area contributed by atoms with Gasteiger partial charge in [0.05, 0.1) is 17.3 Å². The summed E-state index contributed by atoms with van der Waals surface area (Å²) in [5.74, 6) is -0.882. The van der Waals surface area contributed by atoms with Gasteiger partial charge in [-0.15, -0.1) is 5.10 Å². The van der Waals surface area contributed by atoms with Crippen molar-refractivity contribution in [1.82, 2.24) is 19.9 Å². The van der Waals surface area contributed by atoms with Crippen molar-refractivity contribution >= 4 is 21.9 Å². The number of piperidine rings is 1. The Kier molecular flexibility index (Phi) is 4.77. The Hall–Kier alpha value is -1.73. The van der Waals surface area contributed by atoms with Crippen molar-refractivity contribution in [3.8, 4) is 5.69 Å². The van der Waals surface area contributed by atoms with E-state index >= 15 is 0 Å². The van der Waals surface area contributed by atoms with Gasteiger partial charge in [-0.1, -0.05) is 21.1 Å². The Labute approximate surface area is 143 Å². The fourth-order valence-corrected chi connectivity index (χ4v) is 3.15. The standard InChI is InChI=1S/C16H19BrN4O2/c1-11-15(10-20-8-6-12(7-9-20)16(22)23)18-19-21(11)14-4-2-13(17)3-5-14/h2-5,12H,6-10H2,1H3,(H,22,23). The Morgan fingerprint density at radius 2 is 1.96 bits per heavy atom. The number of rotatable bonds is 4. The summed E-state index contributed by atoms with van der Waals surface area (Å²) in [5, 5.41) is 17.6. The predicted octanol–water partition coefficient (Wildman–Crippen LogP) is 2.63. The van der Waals surface area contributed by atoms with Gasteiger partial charge in [-0.25, -0.2) is 4.68 Å². The highest BCUT2D eigenvalue weighted by atomic mass is 79.9. The van der Waals surface area contributed by atoms with E-state index < -0.39 is 5.97 Å². The number of carboxylic acids is 1. The number of likely N-dealkylation sites (tertiary alicyclic amines) is 1. The Balaban J connectivity index is 1.68. The van der Waals surface area contributed by atoms with Gasteiger partial charge in [-0.3, -0.25) is 9.69 Å². The quantitative estimate of drug-likeness (QED) is 0.885. The maximum absolute atomic E-state index is 11.0. The third-order valence-electron chi connectivity index (χ3n) is 4.37. The van der Waals surface area contributed by atoms with Crippen LogP contribution in [0.15, 0.2) is 28.7 Å². The average molecular weight is 379 g/mol. The lowest BCUT2D eigenvalue weighted by Gasteiger charge is -2.29. The second-order valence-electron chi connectivity index (χ2n) is 5.90. The molecule has 1 N–H and O–H groups in total. The summed E-state index contributed by atoms with van der Waals surface area (Å²) in [5.41, 5.74) is 2.95. The first-order valence-corrected chi connectivity index (χ1v) is 8.46. The fraction of sp³-hybridized carbons (Fsp3) is 0.438. The highest BCUT2D eigenvalue weighted by Gasteiger charge is 2.25. The van der Waals surface area contributed by atoms with Crippen LogP contribution >= 0.6 is 15.9 Å². The smallest absolute Gasteiger partial charge is 0.306 e. The fourth-order valence-electron chi connectivity index (χ4n) is 2.88. The molecule has 0 saturated carbocycles. The van der Waals surface area contributed by atoms with Gasteiger partial charge in [0.2, 0.25) is 0 Å². The molecule has 1 aliphatic rings. The van der Waals surface area contributed by atoms with E-state index in [0.29, 0.717) is 19.4 Å². The van der Waals surface area contributed by atoms with Gasteiger partial charge in [0.1, 0.15) is 5.69 Å². The summed E-state index contributed by atoms with van der Waals surface area (Å²) < 4.78 is 2.87. The molecule has 3 rings (SSSR count). The number of aliphatic carboxylic acids is 1. The third-order valence-corrected chi connectivity index (χ3v) is 4.90. The lowest BCUT2D eigenvalue weighted by atomic mass is 9.97. The van der Waals surface area contributed by atoms with Crippen LogP contribution in [-0.4, -0.2) is 44.1 Å². The Bertz CT molecular complexity index is 691. The number of hydrogen-bond donors (Lipinski definition) is 1. The minimum Gasteiger partial charge on any atom is -0.481 e. The van der Waals surface area contributed by atoms with Crippen LogP contribution in [0, 0.1) is 12.8 Å². The number of hydrogen-bond acceptors (Lipinski definition) is 4. The van der Waals surface area contributed by atoms with Gasteiger partial charge in [0.15, 0.2) is 0 Å². The largest absolute Gasteiger partial charge is 0.481 e. The molecule has 0 aliphatic carbocycles. The molecule has 1 aromatic carbocycles. The topological polar surface area (TPSA) is 71.2 Å². The van der Waals surface area contributed by atoms with Crippen LogP contribution in [0.1, 0.15) is 24.2 Å². The van der Waals surface area contributed by atoms with Gasteiger partial charge in [-0.2, -0.15) is 0 Å². The van der Waals surface area contributed by atoms with Crippen LogP contribution in [-0.2, 0) is 11.3 Å². The van der Waals surface area contributed by atoms with Crippen molar-refractivity contribution in [3.05, 3.63) is 40.1 Å². The molecule has 0 unspecified atom stereocenters. The zero-order valence-electron chi connectivity index (χ0n) is 12.9. The summed E-state index contributed by atoms with van der Waals surface area (Å²) >= 11 is 3.43. The second-order valence-corrected chi connectivity index (χ2v) is 6.81. The van der Waals surface area contributed by atoms with Crippen molar-refractivity contribution in [2.24, 2.45) is 5.92 Å². The lowest BCUT2D eigenvalue weighted by molar-refractivity contribution is -0.143. The van der Waals surface area contributed by atoms with Gasteiger partial charge >= 0.3 is 5.97 Å². The van der Waals surface area contributed by atoms with E-state index in [-0.39, 0.29) is 5.92 Å². The normalized spacial score (nSPS) is 16.6. The van der Waals surface area contributed by atoms with Crippen molar-refractivity contribution in [1.29, 1.82) is 0 Å². The van der Waals surface area contributed by atoms with Crippen molar-refractivity contribution < 1.29 is 9.90 Å². The van der Waals surface area contributed by atoms with Crippen molar-refractivity contribution in [3.63, 3.8) is 0 Å². The van der Waals surface area contributed by atoms with Crippen LogP contribution in [0.4, 0.5) is 0 Å². The van der Waals surface area contributed by atoms with Crippen LogP contribution < -0.4 is 0 Å². The van der Waals surface area contributed by atoms with E-state index in [1.807, 2.05) is 35.9 Å². The zero-order valence-corrected chi connectivity index (χ0v) is 14.5. The van der Waals surface area contributed by atoms with Gasteiger partial charge in [0.25, 0.3) is 0 Å². The third kappa shape index (κ3) is 3.61. The number of carboxylic acid groups (broad SMARTS) is 1. The maximum Gasteiger partial charge on any atom is 0.306 e. The molecule has 2 heterocycles. The first kappa shape index (κ1) is 16.1. The molecule has 7 heteroatoms. The van der Waals surface area contributed by atoms with Gasteiger partial charge in [-0.05, 0) is 57.1 Å². The Morgan fingerprint density at radius 3 is 2.57 bits per heavy atom. The van der Waals surface area contributed by atoms with E-state index in [0.717, 1.165) is 34.6 Å². The molecule has 0 spiro atoms. The highest BCUT2D eigenvalue weighted by Crippen LogP contribution is 2.21. The second kappa shape index (κ2) is 6.80. The molecule has 0 bridgehead atoms. The van der Waals surface area contributed by atoms with E-state index in [4.69, 9.17) is 5.11 Å². The molecule has 0 radical (unpaired) electrons. The maximum atomic E-state index is 11.0. The molecule has 1 aliphatic heterocycles. The van der Waals surface area contributed by atoms with Crippen LogP contribution in [0.25, 0.3) is 5.69 Å². The molecule has 0 amide bonds. The highest BCUT2D eigenvalue weighted by molar-refractivity contribution is 9.10. The van der Waals surface area contributed by atoms with Crippen LogP contribution in [0.3, 0.4) is 0 Å². The summed E-state index contributed by atoms with van der Waals surface area (Å²) in [6.07, 6.45) is 1.41. The molecular weight excluding hydrogens is 360 g/mol. The molecule has 6 nitrogen and oxygen atoms in total. The number of nitrogens with zero attached hydrogens (tertiary/aromatic N) is 4. The zero-order chi connectivity index (χ0) is 16.4. The number of benzene rings is 1. The molecule has 1 saturated heterocycles. The first-order chi connectivity index (χ1) is 11.0. The molecule has 1 fully saturated rings. The van der Waals surface area contributed by atoms with Crippen molar-refractivity contribution in [2.75, 3.05) is 13.1 Å². The molecular formula is C16H19BrN4O2. The molecule has 0 atom stereocenters. The molecule has 2 aromatic rings. The van der Waals surface area contributed by atoms with Crippen LogP contribution in [0.2, 0.25) is 0 Å². The minimum absolute atomic E-state index is 0.203. The van der Waals surface area contributed by atoms with E-state index in [2.05, 4.69) is 31.1 Å². The van der Waals surface area contributed by atoms with Crippen molar-refractivity contribution in [2.45, 2.75) is 26.3 Å². The van der Waals surface area contributed by atoms with E-state index in [1.54, 1.807) is 0 Å².